The molecule has 1 aromatic carbocycles. The fourth-order valence-corrected chi connectivity index (χ4v) is 2.34. The largest absolute Gasteiger partial charge is 0.316 e. The molecule has 3 heteroatoms. The molecular weight excluding hydrogens is 253 g/mol. The van der Waals surface area contributed by atoms with E-state index < -0.39 is 0 Å². The second kappa shape index (κ2) is 6.08. The van der Waals surface area contributed by atoms with Crippen LogP contribution in [0, 0.1) is 5.41 Å². The van der Waals surface area contributed by atoms with E-state index in [1.54, 1.807) is 0 Å². The summed E-state index contributed by atoms with van der Waals surface area (Å²) in [5, 5.41) is 4.64. The van der Waals surface area contributed by atoms with Crippen LogP contribution in [0.1, 0.15) is 32.8 Å². The molecule has 0 aromatic heterocycles. The smallest absolute Gasteiger partial charge is 0.0595 e. The van der Waals surface area contributed by atoms with Gasteiger partial charge in [-0.05, 0) is 43.0 Å². The van der Waals surface area contributed by atoms with Crippen LogP contribution in [-0.4, -0.2) is 13.1 Å². The van der Waals surface area contributed by atoms with Crippen LogP contribution in [0.25, 0.3) is 0 Å². The molecule has 96 valence electrons. The highest BCUT2D eigenvalue weighted by atomic mass is 35.5. The lowest BCUT2D eigenvalue weighted by Crippen LogP contribution is -2.38. The predicted octanol–water partition coefficient (Wildman–Crippen LogP) is 4.56. The number of aryl methyl sites for hydroxylation is 1. The van der Waals surface area contributed by atoms with Crippen molar-refractivity contribution in [3.63, 3.8) is 0 Å². The number of halogens is 2. The van der Waals surface area contributed by atoms with Crippen LogP contribution in [-0.2, 0) is 6.42 Å². The Kier molecular flexibility index (Phi) is 5.30. The zero-order valence-corrected chi connectivity index (χ0v) is 12.5. The van der Waals surface area contributed by atoms with E-state index in [4.69, 9.17) is 23.2 Å². The third kappa shape index (κ3) is 4.50. The summed E-state index contributed by atoms with van der Waals surface area (Å²) < 4.78 is 0. The summed E-state index contributed by atoms with van der Waals surface area (Å²) in [4.78, 5) is 0. The van der Waals surface area contributed by atoms with E-state index in [-0.39, 0.29) is 5.41 Å². The van der Waals surface area contributed by atoms with Crippen molar-refractivity contribution in [2.45, 2.75) is 39.7 Å². The van der Waals surface area contributed by atoms with Gasteiger partial charge in [0.15, 0.2) is 0 Å². The van der Waals surface area contributed by atoms with Crippen LogP contribution >= 0.6 is 23.2 Å². The number of hydrogen-bond acceptors (Lipinski definition) is 1. The fraction of sp³-hybridized carbons (Fsp3) is 0.571. The van der Waals surface area contributed by atoms with Crippen LogP contribution < -0.4 is 5.32 Å². The molecule has 0 saturated carbocycles. The van der Waals surface area contributed by atoms with Gasteiger partial charge in [-0.1, -0.05) is 50.0 Å². The van der Waals surface area contributed by atoms with Crippen molar-refractivity contribution in [3.8, 4) is 0 Å². The molecule has 1 N–H and O–H groups in total. The van der Waals surface area contributed by atoms with Gasteiger partial charge in [-0.25, -0.2) is 0 Å². The van der Waals surface area contributed by atoms with Gasteiger partial charge < -0.3 is 5.32 Å². The Hall–Kier alpha value is -0.240. The molecule has 1 atom stereocenters. The van der Waals surface area contributed by atoms with E-state index in [1.807, 2.05) is 25.2 Å². The number of hydrogen-bond donors (Lipinski definition) is 1. The summed E-state index contributed by atoms with van der Waals surface area (Å²) in [6, 6.07) is 6.37. The predicted molar refractivity (Wildman–Crippen MR) is 77.1 cm³/mol. The van der Waals surface area contributed by atoms with Crippen LogP contribution in [0.3, 0.4) is 0 Å². The highest BCUT2D eigenvalue weighted by molar-refractivity contribution is 6.42. The molecule has 0 aliphatic rings. The molecular formula is C14H21Cl2N. The zero-order valence-electron chi connectivity index (χ0n) is 11.0. The van der Waals surface area contributed by atoms with E-state index in [9.17, 15) is 0 Å². The normalized spacial score (nSPS) is 13.8. The molecule has 1 unspecified atom stereocenters. The number of benzene rings is 1. The van der Waals surface area contributed by atoms with Gasteiger partial charge in [0.1, 0.15) is 0 Å². The average molecular weight is 274 g/mol. The summed E-state index contributed by atoms with van der Waals surface area (Å²) >= 11 is 11.9. The molecule has 0 fully saturated rings. The summed E-state index contributed by atoms with van der Waals surface area (Å²) in [6.07, 6.45) is 2.11. The van der Waals surface area contributed by atoms with E-state index in [1.165, 1.54) is 5.56 Å². The Morgan fingerprint density at radius 2 is 1.82 bits per heavy atom. The van der Waals surface area contributed by atoms with E-state index in [2.05, 4.69) is 26.1 Å². The first kappa shape index (κ1) is 14.8. The van der Waals surface area contributed by atoms with Crippen molar-refractivity contribution >= 4 is 23.2 Å². The molecule has 0 saturated heterocycles. The summed E-state index contributed by atoms with van der Waals surface area (Å²) in [7, 11) is 2.02. The molecule has 17 heavy (non-hydrogen) atoms. The Morgan fingerprint density at radius 3 is 2.29 bits per heavy atom. The van der Waals surface area contributed by atoms with Gasteiger partial charge in [0.05, 0.1) is 10.0 Å². The van der Waals surface area contributed by atoms with Crippen LogP contribution in [0.4, 0.5) is 0 Å². The number of nitrogens with one attached hydrogen (secondary N) is 1. The summed E-state index contributed by atoms with van der Waals surface area (Å²) in [5.41, 5.74) is 1.51. The van der Waals surface area contributed by atoms with E-state index >= 15 is 0 Å². The SMILES string of the molecule is CNC(CCc1ccc(Cl)c(Cl)c1)C(C)(C)C. The quantitative estimate of drug-likeness (QED) is 0.848. The minimum absolute atomic E-state index is 0.269. The van der Waals surface area contributed by atoms with Gasteiger partial charge >= 0.3 is 0 Å². The van der Waals surface area contributed by atoms with Gasteiger partial charge in [0, 0.05) is 6.04 Å². The van der Waals surface area contributed by atoms with E-state index in [0.717, 1.165) is 12.8 Å². The maximum atomic E-state index is 6.01. The van der Waals surface area contributed by atoms with Crippen molar-refractivity contribution in [3.05, 3.63) is 33.8 Å². The minimum Gasteiger partial charge on any atom is -0.316 e. The van der Waals surface area contributed by atoms with Gasteiger partial charge in [0.2, 0.25) is 0 Å². The molecule has 1 rings (SSSR count). The van der Waals surface area contributed by atoms with Crippen LogP contribution in [0.2, 0.25) is 10.0 Å². The second-order valence-electron chi connectivity index (χ2n) is 5.49. The van der Waals surface area contributed by atoms with E-state index in [0.29, 0.717) is 16.1 Å². The zero-order chi connectivity index (χ0) is 13.1. The molecule has 0 bridgehead atoms. The van der Waals surface area contributed by atoms with Gasteiger partial charge in [-0.3, -0.25) is 0 Å². The van der Waals surface area contributed by atoms with Crippen LogP contribution in [0.5, 0.6) is 0 Å². The van der Waals surface area contributed by atoms with Crippen LogP contribution in [0.15, 0.2) is 18.2 Å². The Morgan fingerprint density at radius 1 is 1.18 bits per heavy atom. The molecule has 0 radical (unpaired) electrons. The molecule has 0 aliphatic carbocycles. The van der Waals surface area contributed by atoms with Crippen molar-refractivity contribution in [2.24, 2.45) is 5.41 Å². The maximum Gasteiger partial charge on any atom is 0.0595 e. The highest BCUT2D eigenvalue weighted by Gasteiger charge is 2.22. The van der Waals surface area contributed by atoms with Crippen molar-refractivity contribution in [1.29, 1.82) is 0 Å². The monoisotopic (exact) mass is 273 g/mol. The first-order chi connectivity index (χ1) is 7.84. The van der Waals surface area contributed by atoms with Crippen molar-refractivity contribution in [2.75, 3.05) is 7.05 Å². The standard InChI is InChI=1S/C14H21Cl2N/c1-14(2,3)13(17-4)8-6-10-5-7-11(15)12(16)9-10/h5,7,9,13,17H,6,8H2,1-4H3. The molecule has 0 amide bonds. The first-order valence-electron chi connectivity index (χ1n) is 5.96. The molecule has 0 spiro atoms. The maximum absolute atomic E-state index is 6.01. The minimum atomic E-state index is 0.269. The lowest BCUT2D eigenvalue weighted by molar-refractivity contribution is 0.268. The Bertz CT molecular complexity index is 369. The third-order valence-corrected chi connectivity index (χ3v) is 3.84. The number of rotatable bonds is 4. The highest BCUT2D eigenvalue weighted by Crippen LogP contribution is 2.26. The molecule has 0 heterocycles. The van der Waals surface area contributed by atoms with Crippen molar-refractivity contribution in [1.82, 2.24) is 5.32 Å². The van der Waals surface area contributed by atoms with Gasteiger partial charge in [-0.2, -0.15) is 0 Å². The molecule has 1 nitrogen and oxygen atoms in total. The Labute approximate surface area is 115 Å². The summed E-state index contributed by atoms with van der Waals surface area (Å²) in [5.74, 6) is 0. The summed E-state index contributed by atoms with van der Waals surface area (Å²) in [6.45, 7) is 6.76. The van der Waals surface area contributed by atoms with Gasteiger partial charge in [-0.15, -0.1) is 0 Å². The lowest BCUT2D eigenvalue weighted by atomic mass is 9.83. The third-order valence-electron chi connectivity index (χ3n) is 3.10. The average Bonchev–Trinajstić information content (AvgIpc) is 2.22. The molecule has 1 aromatic rings. The fourth-order valence-electron chi connectivity index (χ4n) is 2.02. The first-order valence-corrected chi connectivity index (χ1v) is 6.71. The van der Waals surface area contributed by atoms with Crippen molar-refractivity contribution < 1.29 is 0 Å². The lowest BCUT2D eigenvalue weighted by Gasteiger charge is -2.30. The Balaban J connectivity index is 2.63. The topological polar surface area (TPSA) is 12.0 Å². The van der Waals surface area contributed by atoms with Gasteiger partial charge in [0.25, 0.3) is 0 Å². The second-order valence-corrected chi connectivity index (χ2v) is 6.31. The molecule has 0 aliphatic heterocycles.